The number of hydrogen-bond acceptors (Lipinski definition) is 4. The van der Waals surface area contributed by atoms with Gasteiger partial charge in [-0.2, -0.15) is 5.26 Å². The molecule has 1 saturated heterocycles. The lowest BCUT2D eigenvalue weighted by Gasteiger charge is -2.33. The molecule has 2 aliphatic heterocycles. The van der Waals surface area contributed by atoms with E-state index in [2.05, 4.69) is 32.8 Å². The Kier molecular flexibility index (Phi) is 3.54. The van der Waals surface area contributed by atoms with E-state index < -0.39 is 0 Å². The van der Waals surface area contributed by atoms with E-state index in [0.717, 1.165) is 50.7 Å². The molecule has 3 rings (SSSR count). The lowest BCUT2D eigenvalue weighted by Crippen LogP contribution is -2.45. The molecule has 0 saturated carbocycles. The Bertz CT molecular complexity index is 493. The molecule has 19 heavy (non-hydrogen) atoms. The van der Waals surface area contributed by atoms with E-state index in [1.165, 1.54) is 12.8 Å². The molecule has 5 heteroatoms. The van der Waals surface area contributed by atoms with Gasteiger partial charge in [0, 0.05) is 32.7 Å². The van der Waals surface area contributed by atoms with Crippen LogP contribution in [0, 0.1) is 11.3 Å². The normalized spacial score (nSPS) is 21.7. The molecule has 0 amide bonds. The zero-order valence-corrected chi connectivity index (χ0v) is 11.5. The Morgan fingerprint density at radius 1 is 1.26 bits per heavy atom. The minimum absolute atomic E-state index is 0.307. The molecule has 0 aliphatic carbocycles. The molecule has 0 radical (unpaired) electrons. The lowest BCUT2D eigenvalue weighted by atomic mass is 10.1. The van der Waals surface area contributed by atoms with Crippen LogP contribution in [-0.2, 0) is 13.0 Å². The Morgan fingerprint density at radius 2 is 2.05 bits per heavy atom. The average molecular weight is 259 g/mol. The Morgan fingerprint density at radius 3 is 2.79 bits per heavy atom. The van der Waals surface area contributed by atoms with Gasteiger partial charge in [0.1, 0.15) is 11.9 Å². The van der Waals surface area contributed by atoms with E-state index in [4.69, 9.17) is 0 Å². The van der Waals surface area contributed by atoms with Gasteiger partial charge >= 0.3 is 0 Å². The molecule has 3 heterocycles. The zero-order chi connectivity index (χ0) is 13.2. The van der Waals surface area contributed by atoms with Gasteiger partial charge in [-0.1, -0.05) is 0 Å². The number of piperazine rings is 1. The SMILES string of the molecule is CC(c1nc(C#N)c2n1CCCC2)N1CCNCC1. The summed E-state index contributed by atoms with van der Waals surface area (Å²) in [6, 6.07) is 2.58. The maximum absolute atomic E-state index is 9.25. The van der Waals surface area contributed by atoms with Gasteiger partial charge in [-0.3, -0.25) is 4.90 Å². The highest BCUT2D eigenvalue weighted by molar-refractivity contribution is 5.31. The summed E-state index contributed by atoms with van der Waals surface area (Å²) in [7, 11) is 0. The molecule has 0 aromatic carbocycles. The third kappa shape index (κ3) is 2.26. The first-order chi connectivity index (χ1) is 9.31. The summed E-state index contributed by atoms with van der Waals surface area (Å²) in [4.78, 5) is 7.09. The van der Waals surface area contributed by atoms with Crippen molar-refractivity contribution in [1.82, 2.24) is 19.8 Å². The van der Waals surface area contributed by atoms with Crippen LogP contribution in [0.2, 0.25) is 0 Å². The van der Waals surface area contributed by atoms with Crippen molar-refractivity contribution in [2.45, 2.75) is 38.8 Å². The van der Waals surface area contributed by atoms with Crippen molar-refractivity contribution >= 4 is 0 Å². The summed E-state index contributed by atoms with van der Waals surface area (Å²) in [6.45, 7) is 7.45. The minimum Gasteiger partial charge on any atom is -0.329 e. The summed E-state index contributed by atoms with van der Waals surface area (Å²) < 4.78 is 2.30. The lowest BCUT2D eigenvalue weighted by molar-refractivity contribution is 0.175. The molecular formula is C14H21N5. The summed E-state index contributed by atoms with van der Waals surface area (Å²) in [5.74, 6) is 1.09. The van der Waals surface area contributed by atoms with Gasteiger partial charge in [0.15, 0.2) is 5.69 Å². The Labute approximate surface area is 114 Å². The topological polar surface area (TPSA) is 56.9 Å². The van der Waals surface area contributed by atoms with Crippen molar-refractivity contribution in [1.29, 1.82) is 5.26 Å². The van der Waals surface area contributed by atoms with E-state index in [1.807, 2.05) is 0 Å². The van der Waals surface area contributed by atoms with Gasteiger partial charge in [0.05, 0.1) is 11.7 Å². The number of imidazole rings is 1. The standard InChI is InChI=1S/C14H21N5/c1-11(18-8-5-16-6-9-18)14-17-12(10-15)13-4-2-3-7-19(13)14/h11,16H,2-9H2,1H3. The second-order valence-electron chi connectivity index (χ2n) is 5.45. The zero-order valence-electron chi connectivity index (χ0n) is 11.5. The van der Waals surface area contributed by atoms with Crippen LogP contribution in [0.5, 0.6) is 0 Å². The summed E-state index contributed by atoms with van der Waals surface area (Å²) in [6.07, 6.45) is 3.39. The van der Waals surface area contributed by atoms with Crippen LogP contribution in [0.3, 0.4) is 0 Å². The van der Waals surface area contributed by atoms with Crippen LogP contribution in [0.15, 0.2) is 0 Å². The minimum atomic E-state index is 0.307. The fraction of sp³-hybridized carbons (Fsp3) is 0.714. The summed E-state index contributed by atoms with van der Waals surface area (Å²) in [5.41, 5.74) is 1.81. The first kappa shape index (κ1) is 12.6. The number of aromatic nitrogens is 2. The first-order valence-corrected chi connectivity index (χ1v) is 7.25. The number of nitriles is 1. The van der Waals surface area contributed by atoms with Crippen LogP contribution in [0.25, 0.3) is 0 Å². The molecule has 1 atom stereocenters. The highest BCUT2D eigenvalue weighted by Gasteiger charge is 2.26. The fourth-order valence-electron chi connectivity index (χ4n) is 3.21. The third-order valence-electron chi connectivity index (χ3n) is 4.33. The largest absolute Gasteiger partial charge is 0.329 e. The molecular weight excluding hydrogens is 238 g/mol. The van der Waals surface area contributed by atoms with Gasteiger partial charge in [-0.25, -0.2) is 4.98 Å². The van der Waals surface area contributed by atoms with E-state index in [0.29, 0.717) is 11.7 Å². The van der Waals surface area contributed by atoms with Crippen molar-refractivity contribution in [3.8, 4) is 6.07 Å². The molecule has 5 nitrogen and oxygen atoms in total. The van der Waals surface area contributed by atoms with Crippen molar-refractivity contribution in [2.75, 3.05) is 26.2 Å². The van der Waals surface area contributed by atoms with Gasteiger partial charge in [-0.15, -0.1) is 0 Å². The molecule has 1 aromatic rings. The quantitative estimate of drug-likeness (QED) is 0.863. The summed E-state index contributed by atoms with van der Waals surface area (Å²) >= 11 is 0. The Hall–Kier alpha value is -1.38. The average Bonchev–Trinajstić information content (AvgIpc) is 2.86. The maximum Gasteiger partial charge on any atom is 0.162 e. The van der Waals surface area contributed by atoms with E-state index in [9.17, 15) is 5.26 Å². The second-order valence-corrected chi connectivity index (χ2v) is 5.45. The number of hydrogen-bond donors (Lipinski definition) is 1. The smallest absolute Gasteiger partial charge is 0.162 e. The predicted octanol–water partition coefficient (Wildman–Crippen LogP) is 1.06. The van der Waals surface area contributed by atoms with Crippen LogP contribution in [0.1, 0.15) is 43.0 Å². The summed E-state index contributed by atoms with van der Waals surface area (Å²) in [5, 5.41) is 12.6. The Balaban J connectivity index is 1.91. The number of nitrogens with one attached hydrogen (secondary N) is 1. The highest BCUT2D eigenvalue weighted by Crippen LogP contribution is 2.27. The van der Waals surface area contributed by atoms with Gasteiger partial charge < -0.3 is 9.88 Å². The fourth-order valence-corrected chi connectivity index (χ4v) is 3.21. The molecule has 1 fully saturated rings. The molecule has 2 aliphatic rings. The molecule has 0 spiro atoms. The van der Waals surface area contributed by atoms with E-state index in [-0.39, 0.29) is 0 Å². The van der Waals surface area contributed by atoms with Crippen LogP contribution < -0.4 is 5.32 Å². The second kappa shape index (κ2) is 5.32. The van der Waals surface area contributed by atoms with Crippen LogP contribution in [0.4, 0.5) is 0 Å². The van der Waals surface area contributed by atoms with Gasteiger partial charge in [0.2, 0.25) is 0 Å². The van der Waals surface area contributed by atoms with Crippen molar-refractivity contribution in [3.63, 3.8) is 0 Å². The monoisotopic (exact) mass is 259 g/mol. The number of fused-ring (bicyclic) bond motifs is 1. The van der Waals surface area contributed by atoms with E-state index in [1.54, 1.807) is 0 Å². The first-order valence-electron chi connectivity index (χ1n) is 7.25. The van der Waals surface area contributed by atoms with Crippen LogP contribution >= 0.6 is 0 Å². The molecule has 102 valence electrons. The van der Waals surface area contributed by atoms with Crippen molar-refractivity contribution in [3.05, 3.63) is 17.2 Å². The number of nitrogens with zero attached hydrogens (tertiary/aromatic N) is 4. The molecule has 0 bridgehead atoms. The number of rotatable bonds is 2. The van der Waals surface area contributed by atoms with Gasteiger partial charge in [-0.05, 0) is 26.2 Å². The van der Waals surface area contributed by atoms with Crippen molar-refractivity contribution < 1.29 is 0 Å². The van der Waals surface area contributed by atoms with E-state index >= 15 is 0 Å². The maximum atomic E-state index is 9.25. The molecule has 1 N–H and O–H groups in total. The highest BCUT2D eigenvalue weighted by atomic mass is 15.2. The third-order valence-corrected chi connectivity index (χ3v) is 4.33. The molecule has 1 aromatic heterocycles. The molecule has 1 unspecified atom stereocenters. The van der Waals surface area contributed by atoms with Crippen molar-refractivity contribution in [2.24, 2.45) is 0 Å². The van der Waals surface area contributed by atoms with Crippen LogP contribution in [-0.4, -0.2) is 40.6 Å². The predicted molar refractivity (Wildman–Crippen MR) is 72.7 cm³/mol. The van der Waals surface area contributed by atoms with Gasteiger partial charge in [0.25, 0.3) is 0 Å².